The fraction of sp³-hybridized carbons (Fsp3) is 0.875. The third-order valence-corrected chi connectivity index (χ3v) is 5.53. The molecule has 0 spiro atoms. The Morgan fingerprint density at radius 2 is 1.14 bits per heavy atom. The van der Waals surface area contributed by atoms with Crippen molar-refractivity contribution >= 4 is 17.5 Å². The van der Waals surface area contributed by atoms with Crippen LogP contribution >= 0.6 is 0 Å². The zero-order valence-corrected chi connectivity index (χ0v) is 18.8. The molecule has 0 fully saturated rings. The minimum atomic E-state index is -1.48. The van der Waals surface area contributed by atoms with Crippen LogP contribution in [0.2, 0.25) is 0 Å². The molecule has 5 nitrogen and oxygen atoms in total. The summed E-state index contributed by atoms with van der Waals surface area (Å²) in [5.41, 5.74) is 0. The first kappa shape index (κ1) is 27.8. The van der Waals surface area contributed by atoms with Crippen molar-refractivity contribution in [3.8, 4) is 0 Å². The minimum absolute atomic E-state index is 0.210. The van der Waals surface area contributed by atoms with Crippen LogP contribution in [0.5, 0.6) is 0 Å². The first-order chi connectivity index (χ1) is 13.9. The summed E-state index contributed by atoms with van der Waals surface area (Å²) in [6, 6.07) is 0. The van der Waals surface area contributed by atoms with Gasteiger partial charge in [-0.05, 0) is 12.8 Å². The molecule has 29 heavy (non-hydrogen) atoms. The summed E-state index contributed by atoms with van der Waals surface area (Å²) in [6.45, 7) is 4.34. The van der Waals surface area contributed by atoms with Gasteiger partial charge in [-0.15, -0.1) is 0 Å². The molecule has 0 aliphatic carbocycles. The van der Waals surface area contributed by atoms with Crippen LogP contribution in [-0.2, 0) is 14.4 Å². The summed E-state index contributed by atoms with van der Waals surface area (Å²) in [5.74, 6) is -3.67. The highest BCUT2D eigenvalue weighted by molar-refractivity contribution is 6.07. The predicted octanol–water partition coefficient (Wildman–Crippen LogP) is 5.86. The van der Waals surface area contributed by atoms with Crippen LogP contribution in [0.1, 0.15) is 123 Å². The van der Waals surface area contributed by atoms with Crippen molar-refractivity contribution in [3.63, 3.8) is 0 Å². The average molecular weight is 413 g/mol. The highest BCUT2D eigenvalue weighted by Crippen LogP contribution is 2.18. The standard InChI is InChI=1S/C24H44O5/c1-3-5-7-9-11-13-15-17-20(25)19-22(27)23(24(28)29)21(26)18-16-14-12-10-8-6-4-2/h21,23,26H,3-19H2,1-2H3,(H,28,29). The molecule has 0 radical (unpaired) electrons. The molecule has 0 bridgehead atoms. The third kappa shape index (κ3) is 15.3. The molecule has 2 unspecified atom stereocenters. The topological polar surface area (TPSA) is 91.7 Å². The molecule has 2 N–H and O–H groups in total. The SMILES string of the molecule is CCCCCCCCCC(=O)CC(=O)C(C(=O)O)C(O)CCCCCCCCC. The number of aliphatic hydroxyl groups excluding tert-OH is 1. The van der Waals surface area contributed by atoms with Crippen molar-refractivity contribution in [2.75, 3.05) is 0 Å². The Morgan fingerprint density at radius 1 is 0.690 bits per heavy atom. The molecule has 0 aromatic rings. The van der Waals surface area contributed by atoms with E-state index in [2.05, 4.69) is 13.8 Å². The van der Waals surface area contributed by atoms with Crippen molar-refractivity contribution in [1.82, 2.24) is 0 Å². The third-order valence-electron chi connectivity index (χ3n) is 5.53. The summed E-state index contributed by atoms with van der Waals surface area (Å²) in [7, 11) is 0. The minimum Gasteiger partial charge on any atom is -0.481 e. The number of hydrogen-bond donors (Lipinski definition) is 2. The maximum Gasteiger partial charge on any atom is 0.316 e. The Kier molecular flexibility index (Phi) is 18.0. The quantitative estimate of drug-likeness (QED) is 0.182. The highest BCUT2D eigenvalue weighted by Gasteiger charge is 2.33. The molecule has 170 valence electrons. The number of carboxylic acids is 1. The van der Waals surface area contributed by atoms with E-state index in [4.69, 9.17) is 0 Å². The zero-order valence-electron chi connectivity index (χ0n) is 18.8. The lowest BCUT2D eigenvalue weighted by atomic mass is 9.90. The molecule has 0 saturated heterocycles. The monoisotopic (exact) mass is 412 g/mol. The number of ketones is 2. The molecule has 0 heterocycles. The van der Waals surface area contributed by atoms with E-state index in [1.807, 2.05) is 0 Å². The molecule has 0 rings (SSSR count). The first-order valence-electron chi connectivity index (χ1n) is 11.9. The van der Waals surface area contributed by atoms with Crippen LogP contribution in [0.15, 0.2) is 0 Å². The molecule has 0 amide bonds. The number of Topliss-reactive ketones (excluding diaryl/α,β-unsaturated/α-hetero) is 2. The number of carbonyl (C=O) groups is 3. The van der Waals surface area contributed by atoms with Crippen LogP contribution in [0.3, 0.4) is 0 Å². The van der Waals surface area contributed by atoms with Crippen LogP contribution in [0.25, 0.3) is 0 Å². The van der Waals surface area contributed by atoms with Crippen LogP contribution < -0.4 is 0 Å². The van der Waals surface area contributed by atoms with Crippen molar-refractivity contribution in [3.05, 3.63) is 0 Å². The van der Waals surface area contributed by atoms with Crippen molar-refractivity contribution < 1.29 is 24.6 Å². The summed E-state index contributed by atoms with van der Waals surface area (Å²) >= 11 is 0. The number of carbonyl (C=O) groups excluding carboxylic acids is 2. The Labute approximate surface area is 177 Å². The van der Waals surface area contributed by atoms with Gasteiger partial charge >= 0.3 is 5.97 Å². The van der Waals surface area contributed by atoms with Gasteiger partial charge in [-0.1, -0.05) is 97.3 Å². The van der Waals surface area contributed by atoms with Gasteiger partial charge in [0.1, 0.15) is 11.7 Å². The van der Waals surface area contributed by atoms with E-state index in [1.165, 1.54) is 44.9 Å². The van der Waals surface area contributed by atoms with Crippen molar-refractivity contribution in [1.29, 1.82) is 0 Å². The molecule has 5 heteroatoms. The lowest BCUT2D eigenvalue weighted by Crippen LogP contribution is -2.36. The van der Waals surface area contributed by atoms with Gasteiger partial charge in [-0.2, -0.15) is 0 Å². The lowest BCUT2D eigenvalue weighted by Gasteiger charge is -2.18. The van der Waals surface area contributed by atoms with Gasteiger partial charge in [-0.25, -0.2) is 0 Å². The Morgan fingerprint density at radius 3 is 1.62 bits per heavy atom. The fourth-order valence-corrected chi connectivity index (χ4v) is 3.67. The van der Waals surface area contributed by atoms with Crippen molar-refractivity contribution in [2.24, 2.45) is 5.92 Å². The van der Waals surface area contributed by atoms with E-state index >= 15 is 0 Å². The van der Waals surface area contributed by atoms with Crippen molar-refractivity contribution in [2.45, 2.75) is 129 Å². The molecule has 0 aliphatic heterocycles. The number of rotatable bonds is 21. The van der Waals surface area contributed by atoms with Crippen LogP contribution in [-0.4, -0.2) is 33.9 Å². The van der Waals surface area contributed by atoms with Gasteiger partial charge in [0.2, 0.25) is 0 Å². The maximum absolute atomic E-state index is 12.3. The number of hydrogen-bond acceptors (Lipinski definition) is 4. The van der Waals surface area contributed by atoms with E-state index in [9.17, 15) is 24.6 Å². The lowest BCUT2D eigenvalue weighted by molar-refractivity contribution is -0.151. The summed E-state index contributed by atoms with van der Waals surface area (Å²) in [6.07, 6.45) is 14.2. The summed E-state index contributed by atoms with van der Waals surface area (Å²) in [5, 5.41) is 19.6. The smallest absolute Gasteiger partial charge is 0.316 e. The molecule has 0 aromatic heterocycles. The van der Waals surface area contributed by atoms with Crippen LogP contribution in [0, 0.1) is 5.92 Å². The molecule has 0 aliphatic rings. The van der Waals surface area contributed by atoms with E-state index in [-0.39, 0.29) is 12.2 Å². The Hall–Kier alpha value is -1.23. The van der Waals surface area contributed by atoms with E-state index in [0.717, 1.165) is 38.5 Å². The Bertz CT molecular complexity index is 447. The largest absolute Gasteiger partial charge is 0.481 e. The predicted molar refractivity (Wildman–Crippen MR) is 117 cm³/mol. The van der Waals surface area contributed by atoms with Gasteiger partial charge in [0.25, 0.3) is 0 Å². The molecular weight excluding hydrogens is 368 g/mol. The van der Waals surface area contributed by atoms with Gasteiger partial charge in [-0.3, -0.25) is 14.4 Å². The highest BCUT2D eigenvalue weighted by atomic mass is 16.4. The summed E-state index contributed by atoms with van der Waals surface area (Å²) in [4.78, 5) is 35.8. The molecule has 2 atom stereocenters. The molecular formula is C24H44O5. The second-order valence-corrected chi connectivity index (χ2v) is 8.35. The molecule has 0 saturated carbocycles. The summed E-state index contributed by atoms with van der Waals surface area (Å²) < 4.78 is 0. The van der Waals surface area contributed by atoms with Gasteiger partial charge in [0.15, 0.2) is 5.78 Å². The van der Waals surface area contributed by atoms with Gasteiger partial charge < -0.3 is 10.2 Å². The normalized spacial score (nSPS) is 13.2. The molecule has 0 aromatic carbocycles. The number of aliphatic carboxylic acids is 1. The average Bonchev–Trinajstić information content (AvgIpc) is 2.66. The van der Waals surface area contributed by atoms with Gasteiger partial charge in [0, 0.05) is 6.42 Å². The maximum atomic E-state index is 12.3. The zero-order chi connectivity index (χ0) is 21.9. The van der Waals surface area contributed by atoms with E-state index < -0.39 is 23.8 Å². The van der Waals surface area contributed by atoms with Gasteiger partial charge in [0.05, 0.1) is 12.5 Å². The fourth-order valence-electron chi connectivity index (χ4n) is 3.67. The number of unbranched alkanes of at least 4 members (excludes halogenated alkanes) is 12. The number of carboxylic acid groups (broad SMARTS) is 1. The first-order valence-corrected chi connectivity index (χ1v) is 11.9. The second kappa shape index (κ2) is 18.8. The second-order valence-electron chi connectivity index (χ2n) is 8.35. The van der Waals surface area contributed by atoms with E-state index in [1.54, 1.807) is 0 Å². The number of aliphatic hydroxyl groups is 1. The van der Waals surface area contributed by atoms with Crippen LogP contribution in [0.4, 0.5) is 0 Å². The van der Waals surface area contributed by atoms with E-state index in [0.29, 0.717) is 19.3 Å². The Balaban J connectivity index is 4.11.